The molecule has 2 unspecified atom stereocenters. The van der Waals surface area contributed by atoms with Gasteiger partial charge in [-0.05, 0) is 43.9 Å². The maximum Gasteiger partial charge on any atom is 0.319 e. The number of rotatable bonds is 6. The summed E-state index contributed by atoms with van der Waals surface area (Å²) < 4.78 is 7.38. The number of benzene rings is 1. The summed E-state index contributed by atoms with van der Waals surface area (Å²) in [7, 11) is 0. The van der Waals surface area contributed by atoms with Crippen molar-refractivity contribution in [3.8, 4) is 5.75 Å². The summed E-state index contributed by atoms with van der Waals surface area (Å²) in [6.45, 7) is 3.46. The predicted molar refractivity (Wildman–Crippen MR) is 94.6 cm³/mol. The molecule has 1 aliphatic rings. The van der Waals surface area contributed by atoms with Crippen LogP contribution in [0.3, 0.4) is 0 Å². The molecule has 0 radical (unpaired) electrons. The zero-order valence-corrected chi connectivity index (χ0v) is 14.3. The lowest BCUT2D eigenvalue weighted by atomic mass is 10.1. The molecule has 1 fully saturated rings. The van der Waals surface area contributed by atoms with Crippen LogP contribution in [-0.4, -0.2) is 39.7 Å². The van der Waals surface area contributed by atoms with Gasteiger partial charge in [-0.1, -0.05) is 12.1 Å². The first kappa shape index (κ1) is 17.3. The quantitative estimate of drug-likeness (QED) is 0.751. The molecule has 134 valence electrons. The Labute approximate surface area is 147 Å². The van der Waals surface area contributed by atoms with Crippen LogP contribution in [0.25, 0.3) is 0 Å². The lowest BCUT2D eigenvalue weighted by Crippen LogP contribution is -2.37. The van der Waals surface area contributed by atoms with Crippen molar-refractivity contribution in [1.82, 2.24) is 15.1 Å². The molecule has 2 atom stereocenters. The van der Waals surface area contributed by atoms with E-state index in [-0.39, 0.29) is 23.9 Å². The van der Waals surface area contributed by atoms with Crippen LogP contribution >= 0.6 is 0 Å². The van der Waals surface area contributed by atoms with Crippen molar-refractivity contribution < 1.29 is 14.6 Å². The minimum absolute atomic E-state index is 0.0357. The molecule has 25 heavy (non-hydrogen) atoms. The molecule has 0 bridgehead atoms. The van der Waals surface area contributed by atoms with Gasteiger partial charge in [0.1, 0.15) is 5.75 Å². The van der Waals surface area contributed by atoms with Crippen molar-refractivity contribution in [3.05, 3.63) is 42.2 Å². The van der Waals surface area contributed by atoms with Crippen molar-refractivity contribution in [2.75, 3.05) is 11.9 Å². The van der Waals surface area contributed by atoms with Crippen LogP contribution in [0.4, 0.5) is 10.5 Å². The molecule has 1 aromatic carbocycles. The molecule has 7 heteroatoms. The molecule has 1 aliphatic heterocycles. The van der Waals surface area contributed by atoms with Crippen LogP contribution in [0.5, 0.6) is 5.75 Å². The predicted octanol–water partition coefficient (Wildman–Crippen LogP) is 2.52. The molecule has 3 N–H and O–H groups in total. The SMILES string of the molecule is CC(Cc1ccc(O)cc1)NC(=O)Nc1cnn(CC2CCCO2)c1. The lowest BCUT2D eigenvalue weighted by molar-refractivity contribution is 0.0940. The van der Waals surface area contributed by atoms with Gasteiger partial charge in [-0.15, -0.1) is 0 Å². The minimum atomic E-state index is -0.261. The van der Waals surface area contributed by atoms with E-state index in [0.29, 0.717) is 18.7 Å². The van der Waals surface area contributed by atoms with Gasteiger partial charge in [-0.2, -0.15) is 5.10 Å². The molecule has 0 spiro atoms. The Morgan fingerprint density at radius 1 is 1.44 bits per heavy atom. The van der Waals surface area contributed by atoms with E-state index >= 15 is 0 Å². The van der Waals surface area contributed by atoms with E-state index in [1.807, 2.05) is 25.3 Å². The average Bonchev–Trinajstić information content (AvgIpc) is 3.22. The Balaban J connectivity index is 1.45. The number of aromatic hydroxyl groups is 1. The number of hydrogen-bond donors (Lipinski definition) is 3. The van der Waals surface area contributed by atoms with Crippen LogP contribution in [0.1, 0.15) is 25.3 Å². The van der Waals surface area contributed by atoms with Crippen LogP contribution in [0.15, 0.2) is 36.7 Å². The highest BCUT2D eigenvalue weighted by Crippen LogP contribution is 2.15. The van der Waals surface area contributed by atoms with Gasteiger partial charge in [0.05, 0.1) is 24.5 Å². The highest BCUT2D eigenvalue weighted by atomic mass is 16.5. The van der Waals surface area contributed by atoms with Gasteiger partial charge in [0, 0.05) is 18.8 Å². The Morgan fingerprint density at radius 2 is 2.24 bits per heavy atom. The summed E-state index contributed by atoms with van der Waals surface area (Å²) in [5.41, 5.74) is 1.71. The Hall–Kier alpha value is -2.54. The fraction of sp³-hybridized carbons (Fsp3) is 0.444. The number of carbonyl (C=O) groups is 1. The van der Waals surface area contributed by atoms with Crippen LogP contribution < -0.4 is 10.6 Å². The summed E-state index contributed by atoms with van der Waals surface area (Å²) in [5, 5.41) is 19.3. The summed E-state index contributed by atoms with van der Waals surface area (Å²) in [6, 6.07) is 6.69. The summed E-state index contributed by atoms with van der Waals surface area (Å²) in [4.78, 5) is 12.1. The number of anilines is 1. The Morgan fingerprint density at radius 3 is 2.96 bits per heavy atom. The van der Waals surface area contributed by atoms with E-state index in [1.165, 1.54) is 0 Å². The van der Waals surface area contributed by atoms with Gasteiger partial charge in [0.25, 0.3) is 0 Å². The topological polar surface area (TPSA) is 88.4 Å². The van der Waals surface area contributed by atoms with Gasteiger partial charge in [-0.25, -0.2) is 4.79 Å². The number of urea groups is 1. The molecule has 1 aromatic heterocycles. The van der Waals surface area contributed by atoms with E-state index < -0.39 is 0 Å². The fourth-order valence-electron chi connectivity index (χ4n) is 2.95. The number of ether oxygens (including phenoxy) is 1. The van der Waals surface area contributed by atoms with Crippen molar-refractivity contribution in [3.63, 3.8) is 0 Å². The third kappa shape index (κ3) is 5.22. The molecule has 2 heterocycles. The third-order valence-electron chi connectivity index (χ3n) is 4.16. The molecule has 2 aromatic rings. The lowest BCUT2D eigenvalue weighted by Gasteiger charge is -2.14. The molecular weight excluding hydrogens is 320 g/mol. The largest absolute Gasteiger partial charge is 0.508 e. The molecule has 1 saturated heterocycles. The van der Waals surface area contributed by atoms with Gasteiger partial charge >= 0.3 is 6.03 Å². The first-order valence-electron chi connectivity index (χ1n) is 8.58. The average molecular weight is 344 g/mol. The number of aromatic nitrogens is 2. The zero-order valence-electron chi connectivity index (χ0n) is 14.3. The fourth-order valence-corrected chi connectivity index (χ4v) is 2.95. The van der Waals surface area contributed by atoms with Gasteiger partial charge < -0.3 is 20.5 Å². The van der Waals surface area contributed by atoms with Crippen molar-refractivity contribution in [2.24, 2.45) is 0 Å². The normalized spacial score (nSPS) is 18.0. The molecule has 3 rings (SSSR count). The number of hydrogen-bond acceptors (Lipinski definition) is 4. The second-order valence-corrected chi connectivity index (χ2v) is 6.46. The van der Waals surface area contributed by atoms with Crippen molar-refractivity contribution in [2.45, 2.75) is 44.9 Å². The maximum atomic E-state index is 12.1. The van der Waals surface area contributed by atoms with Crippen LogP contribution in [-0.2, 0) is 17.7 Å². The second kappa shape index (κ2) is 8.02. The maximum absolute atomic E-state index is 12.1. The molecule has 7 nitrogen and oxygen atoms in total. The first-order valence-corrected chi connectivity index (χ1v) is 8.58. The first-order chi connectivity index (χ1) is 12.1. The number of nitrogens with one attached hydrogen (secondary N) is 2. The van der Waals surface area contributed by atoms with Crippen molar-refractivity contribution in [1.29, 1.82) is 0 Å². The third-order valence-corrected chi connectivity index (χ3v) is 4.16. The smallest absolute Gasteiger partial charge is 0.319 e. The Kier molecular flexibility index (Phi) is 5.55. The molecule has 2 amide bonds. The van der Waals surface area contributed by atoms with Crippen LogP contribution in [0.2, 0.25) is 0 Å². The summed E-state index contributed by atoms with van der Waals surface area (Å²) >= 11 is 0. The standard InChI is InChI=1S/C18H24N4O3/c1-13(9-14-4-6-16(23)7-5-14)20-18(24)21-15-10-19-22(11-15)12-17-3-2-8-25-17/h4-7,10-11,13,17,23H,2-3,8-9,12H2,1H3,(H2,20,21,24). The van der Waals surface area contributed by atoms with Crippen molar-refractivity contribution >= 4 is 11.7 Å². The van der Waals surface area contributed by atoms with E-state index in [1.54, 1.807) is 23.0 Å². The number of amides is 2. The number of carbonyl (C=O) groups excluding carboxylic acids is 1. The monoisotopic (exact) mass is 344 g/mol. The Bertz CT molecular complexity index is 693. The zero-order chi connectivity index (χ0) is 17.6. The van der Waals surface area contributed by atoms with E-state index in [0.717, 1.165) is 25.0 Å². The van der Waals surface area contributed by atoms with E-state index in [4.69, 9.17) is 4.74 Å². The summed E-state index contributed by atoms with van der Waals surface area (Å²) in [5.74, 6) is 0.238. The minimum Gasteiger partial charge on any atom is -0.508 e. The number of nitrogens with zero attached hydrogens (tertiary/aromatic N) is 2. The van der Waals surface area contributed by atoms with E-state index in [9.17, 15) is 9.90 Å². The highest BCUT2D eigenvalue weighted by Gasteiger charge is 2.16. The molecule has 0 saturated carbocycles. The number of phenolic OH excluding ortho intramolecular Hbond substituents is 1. The van der Waals surface area contributed by atoms with Gasteiger partial charge in [0.15, 0.2) is 0 Å². The molecular formula is C18H24N4O3. The summed E-state index contributed by atoms with van der Waals surface area (Å²) in [6.07, 6.45) is 6.50. The highest BCUT2D eigenvalue weighted by molar-refractivity contribution is 5.89. The second-order valence-electron chi connectivity index (χ2n) is 6.46. The van der Waals surface area contributed by atoms with E-state index in [2.05, 4.69) is 15.7 Å². The van der Waals surface area contributed by atoms with Gasteiger partial charge in [-0.3, -0.25) is 4.68 Å². The number of phenols is 1. The van der Waals surface area contributed by atoms with Gasteiger partial charge in [0.2, 0.25) is 0 Å². The van der Waals surface area contributed by atoms with Crippen LogP contribution in [0, 0.1) is 0 Å². The molecule has 0 aliphatic carbocycles.